The van der Waals surface area contributed by atoms with Gasteiger partial charge in [0, 0.05) is 12.8 Å². The number of carboxylic acids is 1. The molecule has 0 bridgehead atoms. The van der Waals surface area contributed by atoms with Crippen LogP contribution in [-0.2, 0) is 14.3 Å². The number of ether oxygens (including phenoxy) is 1. The van der Waals surface area contributed by atoms with Crippen LogP contribution in [0.25, 0.3) is 0 Å². The summed E-state index contributed by atoms with van der Waals surface area (Å²) in [5.41, 5.74) is 0. The van der Waals surface area contributed by atoms with E-state index in [-0.39, 0.29) is 18.5 Å². The minimum Gasteiger partial charge on any atom is -0.481 e. The number of esters is 1. The number of carbonyl (C=O) groups excluding carboxylic acids is 1. The normalized spacial score (nSPS) is 12.3. The van der Waals surface area contributed by atoms with E-state index < -0.39 is 5.97 Å². The van der Waals surface area contributed by atoms with E-state index >= 15 is 0 Å². The van der Waals surface area contributed by atoms with Gasteiger partial charge in [-0.05, 0) is 57.8 Å². The third-order valence-electron chi connectivity index (χ3n) is 6.72. The van der Waals surface area contributed by atoms with Crippen molar-refractivity contribution in [1.29, 1.82) is 0 Å². The summed E-state index contributed by atoms with van der Waals surface area (Å²) >= 11 is 0. The summed E-state index contributed by atoms with van der Waals surface area (Å²) in [5.74, 6) is -0.715. The van der Waals surface area contributed by atoms with E-state index in [2.05, 4.69) is 26.0 Å². The summed E-state index contributed by atoms with van der Waals surface area (Å²) < 4.78 is 5.91. The van der Waals surface area contributed by atoms with Crippen molar-refractivity contribution in [3.8, 4) is 0 Å². The third kappa shape index (κ3) is 27.1. The number of hydrogen-bond acceptors (Lipinski definition) is 3. The second-order valence-corrected chi connectivity index (χ2v) is 10.3. The minimum absolute atomic E-state index is 0.0121. The molecule has 0 saturated heterocycles. The van der Waals surface area contributed by atoms with Gasteiger partial charge in [0.1, 0.15) is 6.10 Å². The average molecular weight is 495 g/mol. The molecule has 35 heavy (non-hydrogen) atoms. The Labute approximate surface area is 217 Å². The Morgan fingerprint density at radius 1 is 0.600 bits per heavy atom. The van der Waals surface area contributed by atoms with Gasteiger partial charge in [-0.15, -0.1) is 0 Å². The number of carboxylic acid groups (broad SMARTS) is 1. The van der Waals surface area contributed by atoms with Gasteiger partial charge in [0.15, 0.2) is 0 Å². The first-order valence-electron chi connectivity index (χ1n) is 15.2. The molecule has 4 heteroatoms. The van der Waals surface area contributed by atoms with Gasteiger partial charge < -0.3 is 9.84 Å². The minimum atomic E-state index is -0.703. The molecule has 1 atom stereocenters. The van der Waals surface area contributed by atoms with Crippen molar-refractivity contribution in [3.63, 3.8) is 0 Å². The molecule has 0 fully saturated rings. The Kier molecular flexibility index (Phi) is 26.2. The predicted octanol–water partition coefficient (Wildman–Crippen LogP) is 9.94. The molecule has 0 aliphatic heterocycles. The second-order valence-electron chi connectivity index (χ2n) is 10.3. The second kappa shape index (κ2) is 27.3. The van der Waals surface area contributed by atoms with Crippen molar-refractivity contribution in [2.45, 2.75) is 174 Å². The molecule has 1 N–H and O–H groups in total. The van der Waals surface area contributed by atoms with Crippen LogP contribution in [0, 0.1) is 0 Å². The van der Waals surface area contributed by atoms with Crippen molar-refractivity contribution < 1.29 is 19.4 Å². The molecule has 0 amide bonds. The number of unbranched alkanes of at least 4 members (excludes halogenated alkanes) is 16. The topological polar surface area (TPSA) is 63.6 Å². The van der Waals surface area contributed by atoms with E-state index in [1.165, 1.54) is 77.0 Å². The summed E-state index contributed by atoms with van der Waals surface area (Å²) in [7, 11) is 0. The molecule has 0 aromatic heterocycles. The molecule has 0 saturated carbocycles. The van der Waals surface area contributed by atoms with E-state index in [9.17, 15) is 9.59 Å². The maximum absolute atomic E-state index is 12.4. The van der Waals surface area contributed by atoms with Crippen LogP contribution in [0.15, 0.2) is 12.2 Å². The highest BCUT2D eigenvalue weighted by atomic mass is 16.5. The lowest BCUT2D eigenvalue weighted by Gasteiger charge is -2.18. The van der Waals surface area contributed by atoms with E-state index in [1.807, 2.05) is 0 Å². The molecule has 0 aliphatic rings. The number of aliphatic carboxylic acids is 1. The molecule has 0 spiro atoms. The lowest BCUT2D eigenvalue weighted by Crippen LogP contribution is -2.18. The zero-order chi connectivity index (χ0) is 25.8. The van der Waals surface area contributed by atoms with E-state index in [4.69, 9.17) is 9.84 Å². The van der Waals surface area contributed by atoms with Crippen molar-refractivity contribution in [2.75, 3.05) is 0 Å². The summed E-state index contributed by atoms with van der Waals surface area (Å²) in [6.07, 6.45) is 30.7. The van der Waals surface area contributed by atoms with Crippen molar-refractivity contribution in [3.05, 3.63) is 12.2 Å². The van der Waals surface area contributed by atoms with Gasteiger partial charge in [-0.25, -0.2) is 0 Å². The molecule has 4 nitrogen and oxygen atoms in total. The Hall–Kier alpha value is -1.32. The van der Waals surface area contributed by atoms with Crippen molar-refractivity contribution in [2.24, 2.45) is 0 Å². The smallest absolute Gasteiger partial charge is 0.306 e. The van der Waals surface area contributed by atoms with Crippen LogP contribution < -0.4 is 0 Å². The van der Waals surface area contributed by atoms with Gasteiger partial charge in [0.2, 0.25) is 0 Å². The summed E-state index contributed by atoms with van der Waals surface area (Å²) in [5, 5.41) is 8.74. The fourth-order valence-corrected chi connectivity index (χ4v) is 4.48. The first-order chi connectivity index (χ1) is 17.1. The molecule has 0 rings (SSSR count). The highest BCUT2D eigenvalue weighted by Crippen LogP contribution is 2.18. The quantitative estimate of drug-likeness (QED) is 0.0701. The predicted molar refractivity (Wildman–Crippen MR) is 149 cm³/mol. The number of rotatable bonds is 27. The fraction of sp³-hybridized carbons (Fsp3) is 0.871. The SMILES string of the molecule is CCC/C=C\CCCCCCCC(=O)OC(CCCCCCCCC)CCCCCCCC(=O)O. The molecule has 0 aliphatic carbocycles. The Balaban J connectivity index is 4.05. The van der Waals surface area contributed by atoms with Gasteiger partial charge >= 0.3 is 11.9 Å². The molecule has 0 heterocycles. The number of hydrogen-bond donors (Lipinski definition) is 1. The van der Waals surface area contributed by atoms with Gasteiger partial charge in [-0.2, -0.15) is 0 Å². The van der Waals surface area contributed by atoms with E-state index in [0.717, 1.165) is 64.2 Å². The molecule has 0 radical (unpaired) electrons. The maximum atomic E-state index is 12.4. The first-order valence-corrected chi connectivity index (χ1v) is 15.2. The Morgan fingerprint density at radius 2 is 1.09 bits per heavy atom. The zero-order valence-corrected chi connectivity index (χ0v) is 23.4. The van der Waals surface area contributed by atoms with Gasteiger partial charge in [0.25, 0.3) is 0 Å². The van der Waals surface area contributed by atoms with Crippen LogP contribution in [0.2, 0.25) is 0 Å². The summed E-state index contributed by atoms with van der Waals surface area (Å²) in [6.45, 7) is 4.46. The molecule has 206 valence electrons. The van der Waals surface area contributed by atoms with Crippen LogP contribution in [-0.4, -0.2) is 23.1 Å². The van der Waals surface area contributed by atoms with Crippen LogP contribution in [0.5, 0.6) is 0 Å². The van der Waals surface area contributed by atoms with Crippen molar-refractivity contribution >= 4 is 11.9 Å². The van der Waals surface area contributed by atoms with Gasteiger partial charge in [-0.1, -0.05) is 109 Å². The average Bonchev–Trinajstić information content (AvgIpc) is 2.83. The molecule has 0 aromatic rings. The fourth-order valence-electron chi connectivity index (χ4n) is 4.48. The Morgan fingerprint density at radius 3 is 1.66 bits per heavy atom. The lowest BCUT2D eigenvalue weighted by molar-refractivity contribution is -0.150. The van der Waals surface area contributed by atoms with Crippen molar-refractivity contribution in [1.82, 2.24) is 0 Å². The highest BCUT2D eigenvalue weighted by Gasteiger charge is 2.14. The largest absolute Gasteiger partial charge is 0.481 e. The first kappa shape index (κ1) is 33.7. The summed E-state index contributed by atoms with van der Waals surface area (Å²) in [6, 6.07) is 0. The van der Waals surface area contributed by atoms with Gasteiger partial charge in [-0.3, -0.25) is 9.59 Å². The standard InChI is InChI=1S/C31H58O4/c1-3-5-7-9-11-12-13-15-20-24-28-31(34)35-29(25-21-17-14-10-8-6-4-2)26-22-18-16-19-23-27-30(32)33/h7,9,29H,3-6,8,10-28H2,1-2H3,(H,32,33)/b9-7-. The van der Waals surface area contributed by atoms with E-state index in [1.54, 1.807) is 0 Å². The lowest BCUT2D eigenvalue weighted by atomic mass is 10.0. The van der Waals surface area contributed by atoms with Crippen LogP contribution in [0.4, 0.5) is 0 Å². The summed E-state index contributed by atoms with van der Waals surface area (Å²) in [4.78, 5) is 23.1. The Bertz CT molecular complexity index is 500. The molecular weight excluding hydrogens is 436 g/mol. The van der Waals surface area contributed by atoms with Crippen LogP contribution in [0.1, 0.15) is 168 Å². The molecule has 0 aromatic carbocycles. The maximum Gasteiger partial charge on any atom is 0.306 e. The van der Waals surface area contributed by atoms with E-state index in [0.29, 0.717) is 6.42 Å². The molecular formula is C31H58O4. The van der Waals surface area contributed by atoms with Crippen LogP contribution in [0.3, 0.4) is 0 Å². The third-order valence-corrected chi connectivity index (χ3v) is 6.72. The molecule has 1 unspecified atom stereocenters. The number of carbonyl (C=O) groups is 2. The monoisotopic (exact) mass is 494 g/mol. The zero-order valence-electron chi connectivity index (χ0n) is 23.4. The number of allylic oxidation sites excluding steroid dienone is 2. The van der Waals surface area contributed by atoms with Gasteiger partial charge in [0.05, 0.1) is 0 Å². The van der Waals surface area contributed by atoms with Crippen LogP contribution >= 0.6 is 0 Å². The highest BCUT2D eigenvalue weighted by molar-refractivity contribution is 5.69.